The molecular weight excluding hydrogens is 581 g/mol. The minimum atomic E-state index is -0.657. The Balaban J connectivity index is 1.14. The first-order valence-corrected chi connectivity index (χ1v) is 15.9. The van der Waals surface area contributed by atoms with E-state index >= 15 is 0 Å². The zero-order valence-electron chi connectivity index (χ0n) is 23.3. The second kappa shape index (κ2) is 11.7. The predicted molar refractivity (Wildman–Crippen MR) is 167 cm³/mol. The molecule has 1 saturated heterocycles. The van der Waals surface area contributed by atoms with E-state index in [9.17, 15) is 14.7 Å². The number of carbonyl (C=O) groups is 2. The number of ether oxygens (including phenoxy) is 2. The summed E-state index contributed by atoms with van der Waals surface area (Å²) in [4.78, 5) is 32.0. The number of thioether (sulfide) groups is 1. The van der Waals surface area contributed by atoms with Crippen molar-refractivity contribution >= 4 is 50.8 Å². The van der Waals surface area contributed by atoms with Crippen LogP contribution in [-0.4, -0.2) is 33.8 Å². The molecule has 0 bridgehead atoms. The maximum absolute atomic E-state index is 13.0. The first-order chi connectivity index (χ1) is 21.0. The molecule has 3 heterocycles. The van der Waals surface area contributed by atoms with E-state index in [0.717, 1.165) is 31.2 Å². The highest BCUT2D eigenvalue weighted by atomic mass is 32.2. The van der Waals surface area contributed by atoms with Crippen molar-refractivity contribution in [2.45, 2.75) is 36.4 Å². The number of amides is 2. The molecule has 216 valence electrons. The molecular formula is C34H28N2O5S2. The van der Waals surface area contributed by atoms with Crippen molar-refractivity contribution < 1.29 is 24.2 Å². The van der Waals surface area contributed by atoms with Gasteiger partial charge in [0.2, 0.25) is 0 Å². The zero-order valence-corrected chi connectivity index (χ0v) is 24.9. The van der Waals surface area contributed by atoms with Crippen LogP contribution in [0.1, 0.15) is 56.7 Å². The van der Waals surface area contributed by atoms with Crippen LogP contribution in [0.5, 0.6) is 0 Å². The van der Waals surface area contributed by atoms with E-state index < -0.39 is 6.29 Å². The number of aromatic nitrogens is 1. The lowest BCUT2D eigenvalue weighted by atomic mass is 9.91. The summed E-state index contributed by atoms with van der Waals surface area (Å²) in [5, 5.41) is 9.53. The van der Waals surface area contributed by atoms with Gasteiger partial charge >= 0.3 is 0 Å². The van der Waals surface area contributed by atoms with Gasteiger partial charge < -0.3 is 14.6 Å². The van der Waals surface area contributed by atoms with Gasteiger partial charge in [-0.25, -0.2) is 9.88 Å². The number of nitrogens with zero attached hydrogens (tertiary/aromatic N) is 2. The van der Waals surface area contributed by atoms with Crippen molar-refractivity contribution in [3.8, 4) is 0 Å². The molecule has 0 aliphatic carbocycles. The molecule has 1 N–H and O–H groups in total. The van der Waals surface area contributed by atoms with Gasteiger partial charge in [-0.05, 0) is 47.5 Å². The number of thiazole rings is 1. The lowest BCUT2D eigenvalue weighted by molar-refractivity contribution is -0.268. The quantitative estimate of drug-likeness (QED) is 0.155. The lowest BCUT2D eigenvalue weighted by Gasteiger charge is -2.41. The molecule has 4 aromatic carbocycles. The van der Waals surface area contributed by atoms with Crippen molar-refractivity contribution in [2.24, 2.45) is 5.92 Å². The molecule has 4 atom stereocenters. The SMILES string of the molecule is C[C@@H]1[C@H](CSc2nc3ccccc3s2)O[C@H](c2ccc(N3C(=O)c4ccccc4C3=O)cc2)O[C@@H]1c1ccc(CO)cc1. The van der Waals surface area contributed by atoms with Crippen LogP contribution in [0.4, 0.5) is 5.69 Å². The number of carbonyl (C=O) groups excluding carboxylic acids is 2. The van der Waals surface area contributed by atoms with E-state index in [1.54, 1.807) is 59.5 Å². The van der Waals surface area contributed by atoms with Gasteiger partial charge in [-0.2, -0.15) is 0 Å². The van der Waals surface area contributed by atoms with E-state index in [1.807, 2.05) is 54.6 Å². The van der Waals surface area contributed by atoms with Crippen molar-refractivity contribution in [1.82, 2.24) is 4.98 Å². The minimum absolute atomic E-state index is 0.0199. The largest absolute Gasteiger partial charge is 0.392 e. The summed E-state index contributed by atoms with van der Waals surface area (Å²) in [6, 6.07) is 30.0. The molecule has 7 rings (SSSR count). The normalized spacial score (nSPS) is 21.9. The molecule has 5 aromatic rings. The van der Waals surface area contributed by atoms with Gasteiger partial charge in [0.25, 0.3) is 11.8 Å². The Bertz CT molecular complexity index is 1740. The molecule has 43 heavy (non-hydrogen) atoms. The summed E-state index contributed by atoms with van der Waals surface area (Å²) in [5.74, 6) is 0.0752. The van der Waals surface area contributed by atoms with Crippen LogP contribution in [0.25, 0.3) is 10.2 Å². The maximum Gasteiger partial charge on any atom is 0.266 e. The highest BCUT2D eigenvalue weighted by Gasteiger charge is 2.39. The Hall–Kier alpha value is -3.86. The van der Waals surface area contributed by atoms with Gasteiger partial charge in [0.05, 0.1) is 45.8 Å². The van der Waals surface area contributed by atoms with Gasteiger partial charge in [-0.3, -0.25) is 9.59 Å². The summed E-state index contributed by atoms with van der Waals surface area (Å²) in [5.41, 5.74) is 4.95. The number of para-hydroxylation sites is 1. The van der Waals surface area contributed by atoms with Crippen molar-refractivity contribution in [2.75, 3.05) is 10.7 Å². The van der Waals surface area contributed by atoms with E-state index in [0.29, 0.717) is 22.6 Å². The first-order valence-electron chi connectivity index (χ1n) is 14.1. The van der Waals surface area contributed by atoms with Crippen LogP contribution in [-0.2, 0) is 16.1 Å². The van der Waals surface area contributed by atoms with Crippen molar-refractivity contribution in [1.29, 1.82) is 0 Å². The van der Waals surface area contributed by atoms with Gasteiger partial charge in [0.1, 0.15) is 0 Å². The molecule has 1 fully saturated rings. The Labute approximate surface area is 257 Å². The monoisotopic (exact) mass is 608 g/mol. The Morgan fingerprint density at radius 2 is 1.49 bits per heavy atom. The molecule has 0 spiro atoms. The van der Waals surface area contributed by atoms with Crippen LogP contribution in [0, 0.1) is 5.92 Å². The Kier molecular flexibility index (Phi) is 7.58. The van der Waals surface area contributed by atoms with Crippen molar-refractivity contribution in [3.05, 3.63) is 125 Å². The third kappa shape index (κ3) is 5.28. The molecule has 1 aromatic heterocycles. The summed E-state index contributed by atoms with van der Waals surface area (Å²) >= 11 is 3.36. The number of aliphatic hydroxyl groups is 1. The molecule has 0 saturated carbocycles. The summed E-state index contributed by atoms with van der Waals surface area (Å²) < 4.78 is 15.3. The average Bonchev–Trinajstić information content (AvgIpc) is 3.58. The van der Waals surface area contributed by atoms with Crippen LogP contribution in [0.3, 0.4) is 0 Å². The summed E-state index contributed by atoms with van der Waals surface area (Å²) in [7, 11) is 0. The van der Waals surface area contributed by atoms with Gasteiger partial charge in [-0.1, -0.05) is 79.3 Å². The van der Waals surface area contributed by atoms with Crippen LogP contribution in [0.2, 0.25) is 0 Å². The number of hydrogen-bond donors (Lipinski definition) is 1. The summed E-state index contributed by atoms with van der Waals surface area (Å²) in [6.45, 7) is 2.11. The standard InChI is InChI=1S/C34H28N2O5S2/c1-20-28(19-42-34-35-27-8-4-5-9-29(27)43-34)40-33(41-30(20)22-12-10-21(18-37)11-13-22)23-14-16-24(17-15-23)36-31(38)25-6-2-3-7-26(25)32(36)39/h2-17,20,28,30,33,37H,18-19H2,1H3/t20-,28+,30+,33+/m1/s1. The number of rotatable bonds is 7. The first kappa shape index (κ1) is 27.9. The second-order valence-corrected chi connectivity index (χ2v) is 13.0. The molecule has 2 amide bonds. The Morgan fingerprint density at radius 3 is 2.16 bits per heavy atom. The van der Waals surface area contributed by atoms with Crippen LogP contribution < -0.4 is 4.90 Å². The fourth-order valence-corrected chi connectivity index (χ4v) is 7.84. The van der Waals surface area contributed by atoms with Crippen molar-refractivity contribution in [3.63, 3.8) is 0 Å². The highest BCUT2D eigenvalue weighted by molar-refractivity contribution is 8.01. The predicted octanol–water partition coefficient (Wildman–Crippen LogP) is 7.17. The van der Waals surface area contributed by atoms with E-state index in [-0.39, 0.29) is 36.5 Å². The smallest absolute Gasteiger partial charge is 0.266 e. The van der Waals surface area contributed by atoms with E-state index in [4.69, 9.17) is 14.5 Å². The number of anilines is 1. The third-order valence-electron chi connectivity index (χ3n) is 7.99. The molecule has 7 nitrogen and oxygen atoms in total. The maximum atomic E-state index is 13.0. The topological polar surface area (TPSA) is 89.0 Å². The number of fused-ring (bicyclic) bond motifs is 2. The number of hydrogen-bond acceptors (Lipinski definition) is 8. The van der Waals surface area contributed by atoms with E-state index in [2.05, 4.69) is 13.0 Å². The molecule has 0 radical (unpaired) electrons. The lowest BCUT2D eigenvalue weighted by Crippen LogP contribution is -2.38. The van der Waals surface area contributed by atoms with Crippen LogP contribution in [0.15, 0.2) is 101 Å². The Morgan fingerprint density at radius 1 is 0.837 bits per heavy atom. The average molecular weight is 609 g/mol. The zero-order chi connectivity index (χ0) is 29.5. The molecule has 2 aliphatic rings. The highest BCUT2D eigenvalue weighted by Crippen LogP contribution is 2.44. The summed E-state index contributed by atoms with van der Waals surface area (Å²) in [6.07, 6.45) is -1.05. The fourth-order valence-electron chi connectivity index (χ4n) is 5.58. The van der Waals surface area contributed by atoms with Gasteiger partial charge in [-0.15, -0.1) is 11.3 Å². The molecule has 2 aliphatic heterocycles. The van der Waals surface area contributed by atoms with Crippen LogP contribution >= 0.6 is 23.1 Å². The number of benzene rings is 4. The second-order valence-electron chi connectivity index (χ2n) is 10.7. The number of aliphatic hydroxyl groups excluding tert-OH is 1. The fraction of sp³-hybridized carbons (Fsp3) is 0.206. The molecule has 0 unspecified atom stereocenters. The third-order valence-corrected chi connectivity index (χ3v) is 10.3. The molecule has 9 heteroatoms. The van der Waals surface area contributed by atoms with Gasteiger partial charge in [0.15, 0.2) is 10.6 Å². The van der Waals surface area contributed by atoms with Gasteiger partial charge in [0, 0.05) is 17.2 Å². The van der Waals surface area contributed by atoms with E-state index in [1.165, 1.54) is 4.90 Å². The minimum Gasteiger partial charge on any atom is -0.392 e. The number of imide groups is 1.